The molecule has 1 aromatic carbocycles. The monoisotopic (exact) mass is 522 g/mol. The van der Waals surface area contributed by atoms with Crippen molar-refractivity contribution in [3.05, 3.63) is 28.8 Å². The third-order valence-electron chi connectivity index (χ3n) is 6.65. The van der Waals surface area contributed by atoms with Crippen molar-refractivity contribution >= 4 is 41.0 Å². The Morgan fingerprint density at radius 1 is 1.28 bits per heavy atom. The van der Waals surface area contributed by atoms with E-state index in [1.54, 1.807) is 11.8 Å². The molecule has 3 amide bonds. The number of anilines is 1. The van der Waals surface area contributed by atoms with E-state index in [1.807, 2.05) is 27.7 Å². The van der Waals surface area contributed by atoms with Crippen molar-refractivity contribution in [3.63, 3.8) is 0 Å². The lowest BCUT2D eigenvalue weighted by molar-refractivity contribution is -0.164. The maximum atomic E-state index is 13.8. The van der Waals surface area contributed by atoms with Gasteiger partial charge < -0.3 is 30.7 Å². The predicted molar refractivity (Wildman–Crippen MR) is 134 cm³/mol. The second-order valence-corrected chi connectivity index (χ2v) is 10.2. The zero-order chi connectivity index (χ0) is 26.7. The first kappa shape index (κ1) is 27.7. The van der Waals surface area contributed by atoms with Gasteiger partial charge in [0.15, 0.2) is 0 Å². The molecule has 2 saturated heterocycles. The normalized spacial score (nSPS) is 26.6. The Labute approximate surface area is 216 Å². The summed E-state index contributed by atoms with van der Waals surface area (Å²) >= 11 is 6.06. The number of ether oxygens (including phenoxy) is 2. The smallest absolute Gasteiger partial charge is 0.310 e. The van der Waals surface area contributed by atoms with Crippen LogP contribution in [0.3, 0.4) is 0 Å². The molecule has 10 nitrogen and oxygen atoms in total. The van der Waals surface area contributed by atoms with Gasteiger partial charge in [-0.3, -0.25) is 19.2 Å². The van der Waals surface area contributed by atoms with Crippen molar-refractivity contribution < 1.29 is 28.7 Å². The summed E-state index contributed by atoms with van der Waals surface area (Å²) in [5.74, 6) is -2.03. The first-order valence-electron chi connectivity index (χ1n) is 12.2. The predicted octanol–water partition coefficient (Wildman–Crippen LogP) is 2.10. The minimum absolute atomic E-state index is 0.00413. The second-order valence-electron chi connectivity index (χ2n) is 9.82. The molecule has 0 bridgehead atoms. The molecule has 0 saturated carbocycles. The summed E-state index contributed by atoms with van der Waals surface area (Å²) in [6.45, 7) is 9.53. The number of benzene rings is 1. The second kappa shape index (κ2) is 11.5. The summed E-state index contributed by atoms with van der Waals surface area (Å²) in [4.78, 5) is 53.4. The molecule has 0 spiro atoms. The molecule has 0 aliphatic carbocycles. The Bertz CT molecular complexity index is 1020. The van der Waals surface area contributed by atoms with E-state index in [9.17, 15) is 19.2 Å². The third kappa shape index (κ3) is 5.92. The van der Waals surface area contributed by atoms with Gasteiger partial charge in [-0.15, -0.1) is 0 Å². The fourth-order valence-electron chi connectivity index (χ4n) is 4.87. The van der Waals surface area contributed by atoms with E-state index >= 15 is 0 Å². The molecule has 3 rings (SSSR count). The van der Waals surface area contributed by atoms with Crippen molar-refractivity contribution in [2.45, 2.75) is 77.9 Å². The number of nitrogens with one attached hydrogen (secondary N) is 2. The van der Waals surface area contributed by atoms with Crippen LogP contribution >= 0.6 is 11.6 Å². The SMILES string of the molecule is CCOC1OC(=O)CC1NC(=O)C1C(C)CC(C)N1C(=O)C(NC(=O)c1ccc(N)c(Cl)c1)C(C)C. The summed E-state index contributed by atoms with van der Waals surface area (Å²) in [5.41, 5.74) is 6.36. The third-order valence-corrected chi connectivity index (χ3v) is 6.98. The van der Waals surface area contributed by atoms with Crippen molar-refractivity contribution in [3.8, 4) is 0 Å². The van der Waals surface area contributed by atoms with Gasteiger partial charge in [0.25, 0.3) is 5.91 Å². The van der Waals surface area contributed by atoms with Gasteiger partial charge in [-0.2, -0.15) is 0 Å². The van der Waals surface area contributed by atoms with Gasteiger partial charge in [0.2, 0.25) is 18.1 Å². The van der Waals surface area contributed by atoms with Crippen LogP contribution in [0, 0.1) is 11.8 Å². The lowest BCUT2D eigenvalue weighted by Gasteiger charge is -2.34. The van der Waals surface area contributed by atoms with Gasteiger partial charge in [-0.25, -0.2) is 0 Å². The number of nitrogens with two attached hydrogens (primary N) is 1. The topological polar surface area (TPSA) is 140 Å². The molecule has 2 fully saturated rings. The number of rotatable bonds is 8. The highest BCUT2D eigenvalue weighted by Crippen LogP contribution is 2.32. The van der Waals surface area contributed by atoms with Crippen molar-refractivity contribution in [1.82, 2.24) is 15.5 Å². The van der Waals surface area contributed by atoms with Gasteiger partial charge in [0.05, 0.1) is 17.1 Å². The Hall–Kier alpha value is -2.85. The standard InChI is InChI=1S/C25H35ClN4O6/c1-6-35-25-18(11-19(31)36-25)28-23(33)21-13(4)9-14(5)30(21)24(34)20(12(2)3)29-22(32)15-7-8-17(27)16(26)10-15/h7-8,10,12-14,18,20-21,25H,6,9,11,27H2,1-5H3,(H,28,33)(H,29,32). The van der Waals surface area contributed by atoms with Gasteiger partial charge in [-0.1, -0.05) is 32.4 Å². The van der Waals surface area contributed by atoms with Crippen LogP contribution in [0.15, 0.2) is 18.2 Å². The van der Waals surface area contributed by atoms with Crippen LogP contribution in [0.2, 0.25) is 5.02 Å². The van der Waals surface area contributed by atoms with Gasteiger partial charge in [0, 0.05) is 18.2 Å². The van der Waals surface area contributed by atoms with Gasteiger partial charge >= 0.3 is 5.97 Å². The Morgan fingerprint density at radius 3 is 2.58 bits per heavy atom. The molecule has 1 aromatic rings. The number of halogens is 1. The molecule has 6 unspecified atom stereocenters. The zero-order valence-electron chi connectivity index (χ0n) is 21.2. The van der Waals surface area contributed by atoms with Gasteiger partial charge in [-0.05, 0) is 50.3 Å². The highest BCUT2D eigenvalue weighted by molar-refractivity contribution is 6.33. The van der Waals surface area contributed by atoms with E-state index in [4.69, 9.17) is 26.8 Å². The molecular formula is C25H35ClN4O6. The number of esters is 1. The molecular weight excluding hydrogens is 488 g/mol. The maximum absolute atomic E-state index is 13.8. The van der Waals surface area contributed by atoms with E-state index in [0.717, 1.165) is 0 Å². The van der Waals surface area contributed by atoms with Crippen LogP contribution in [0.25, 0.3) is 0 Å². The number of hydrogen-bond donors (Lipinski definition) is 3. The number of nitrogens with zero attached hydrogens (tertiary/aromatic N) is 1. The minimum Gasteiger partial charge on any atom is -0.433 e. The highest BCUT2D eigenvalue weighted by Gasteiger charge is 2.48. The van der Waals surface area contributed by atoms with Crippen LogP contribution in [0.4, 0.5) is 5.69 Å². The summed E-state index contributed by atoms with van der Waals surface area (Å²) in [5, 5.41) is 5.90. The van der Waals surface area contributed by atoms with Crippen molar-refractivity contribution in [2.24, 2.45) is 11.8 Å². The van der Waals surface area contributed by atoms with Crippen molar-refractivity contribution in [2.75, 3.05) is 12.3 Å². The lowest BCUT2D eigenvalue weighted by Crippen LogP contribution is -2.59. The first-order valence-corrected chi connectivity index (χ1v) is 12.6. The fraction of sp³-hybridized carbons (Fsp3) is 0.600. The number of cyclic esters (lactones) is 1. The van der Waals surface area contributed by atoms with Crippen molar-refractivity contribution in [1.29, 1.82) is 0 Å². The number of likely N-dealkylation sites (tertiary alicyclic amines) is 1. The van der Waals surface area contributed by atoms with Crippen LogP contribution < -0.4 is 16.4 Å². The zero-order valence-corrected chi connectivity index (χ0v) is 22.0. The number of carbonyl (C=O) groups is 4. The summed E-state index contributed by atoms with van der Waals surface area (Å²) in [7, 11) is 0. The number of amides is 3. The molecule has 6 atom stereocenters. The maximum Gasteiger partial charge on any atom is 0.310 e. The minimum atomic E-state index is -0.871. The molecule has 36 heavy (non-hydrogen) atoms. The number of nitrogen functional groups attached to an aromatic ring is 1. The van der Waals surface area contributed by atoms with E-state index in [0.29, 0.717) is 18.7 Å². The Morgan fingerprint density at radius 2 is 1.97 bits per heavy atom. The molecule has 2 aliphatic rings. The highest BCUT2D eigenvalue weighted by atomic mass is 35.5. The summed E-state index contributed by atoms with van der Waals surface area (Å²) in [6.07, 6.45) is -0.250. The largest absolute Gasteiger partial charge is 0.433 e. The van der Waals surface area contributed by atoms with Crippen LogP contribution in [0.5, 0.6) is 0 Å². The number of carbonyl (C=O) groups excluding carboxylic acids is 4. The average Bonchev–Trinajstić information content (AvgIpc) is 3.30. The first-order chi connectivity index (χ1) is 16.9. The van der Waals surface area contributed by atoms with Crippen LogP contribution in [-0.4, -0.2) is 65.7 Å². The van der Waals surface area contributed by atoms with Crippen LogP contribution in [-0.2, 0) is 23.9 Å². The molecule has 11 heteroatoms. The quantitative estimate of drug-likeness (QED) is 0.351. The van der Waals surface area contributed by atoms with E-state index in [2.05, 4.69) is 10.6 Å². The molecule has 4 N–H and O–H groups in total. The van der Waals surface area contributed by atoms with E-state index < -0.39 is 36.3 Å². The van der Waals surface area contributed by atoms with Crippen LogP contribution in [0.1, 0.15) is 57.8 Å². The summed E-state index contributed by atoms with van der Waals surface area (Å²) in [6, 6.07) is 2.01. The average molecular weight is 523 g/mol. The number of hydrogen-bond acceptors (Lipinski definition) is 7. The lowest BCUT2D eigenvalue weighted by atomic mass is 9.99. The van der Waals surface area contributed by atoms with E-state index in [1.165, 1.54) is 18.2 Å². The molecule has 0 radical (unpaired) electrons. The molecule has 2 heterocycles. The molecule has 198 valence electrons. The Balaban J connectivity index is 1.79. The van der Waals surface area contributed by atoms with Gasteiger partial charge in [0.1, 0.15) is 18.1 Å². The summed E-state index contributed by atoms with van der Waals surface area (Å²) < 4.78 is 10.6. The molecule has 0 aromatic heterocycles. The molecule has 2 aliphatic heterocycles. The van der Waals surface area contributed by atoms with E-state index in [-0.39, 0.29) is 46.7 Å². The fourth-order valence-corrected chi connectivity index (χ4v) is 5.05. The Kier molecular flexibility index (Phi) is 8.84.